The summed E-state index contributed by atoms with van der Waals surface area (Å²) in [4.78, 5) is 24.7. The normalized spacial score (nSPS) is 11.8. The van der Waals surface area contributed by atoms with Crippen molar-refractivity contribution in [1.29, 1.82) is 0 Å². The van der Waals surface area contributed by atoms with Crippen molar-refractivity contribution >= 4 is 11.9 Å². The molecule has 22 heavy (non-hydrogen) atoms. The smallest absolute Gasteiger partial charge is 0.320 e. The second-order valence-corrected chi connectivity index (χ2v) is 5.12. The molecule has 1 amide bonds. The first-order valence-electron chi connectivity index (χ1n) is 7.31. The number of likely N-dealkylation sites (N-methyl/N-ethyl adjacent to an activating group) is 1. The molecule has 1 unspecified atom stereocenters. The molecule has 0 bridgehead atoms. The SMILES string of the molecule is CCCC(NCC(=O)N(C)Cc1ccccc1OC)C(=O)O. The van der Waals surface area contributed by atoms with Crippen molar-refractivity contribution in [3.8, 4) is 5.75 Å². The van der Waals surface area contributed by atoms with Crippen LogP contribution in [0.3, 0.4) is 0 Å². The molecule has 1 rings (SSSR count). The van der Waals surface area contributed by atoms with E-state index in [-0.39, 0.29) is 12.5 Å². The molecule has 0 aromatic heterocycles. The zero-order valence-electron chi connectivity index (χ0n) is 13.3. The van der Waals surface area contributed by atoms with Gasteiger partial charge in [-0.1, -0.05) is 31.5 Å². The summed E-state index contributed by atoms with van der Waals surface area (Å²) in [5.41, 5.74) is 0.907. The molecule has 0 heterocycles. The second-order valence-electron chi connectivity index (χ2n) is 5.12. The predicted molar refractivity (Wildman–Crippen MR) is 83.8 cm³/mol. The van der Waals surface area contributed by atoms with Crippen LogP contribution in [0.4, 0.5) is 0 Å². The van der Waals surface area contributed by atoms with Crippen LogP contribution in [0.1, 0.15) is 25.3 Å². The number of carboxylic acids is 1. The van der Waals surface area contributed by atoms with E-state index in [4.69, 9.17) is 9.84 Å². The molecule has 0 radical (unpaired) electrons. The number of ether oxygens (including phenoxy) is 1. The number of carboxylic acid groups (broad SMARTS) is 1. The Morgan fingerprint density at radius 3 is 2.64 bits per heavy atom. The number of carbonyl (C=O) groups excluding carboxylic acids is 1. The molecule has 2 N–H and O–H groups in total. The summed E-state index contributed by atoms with van der Waals surface area (Å²) in [7, 11) is 3.27. The maximum Gasteiger partial charge on any atom is 0.320 e. The van der Waals surface area contributed by atoms with Gasteiger partial charge in [-0.05, 0) is 12.5 Å². The van der Waals surface area contributed by atoms with Crippen molar-refractivity contribution < 1.29 is 19.4 Å². The number of benzene rings is 1. The van der Waals surface area contributed by atoms with Crippen molar-refractivity contribution in [2.45, 2.75) is 32.4 Å². The number of methoxy groups -OCH3 is 1. The molecule has 0 spiro atoms. The van der Waals surface area contributed by atoms with Gasteiger partial charge in [-0.25, -0.2) is 0 Å². The highest BCUT2D eigenvalue weighted by Crippen LogP contribution is 2.18. The number of hydrogen-bond acceptors (Lipinski definition) is 4. The molecule has 122 valence electrons. The first-order valence-corrected chi connectivity index (χ1v) is 7.31. The van der Waals surface area contributed by atoms with Crippen molar-refractivity contribution in [2.75, 3.05) is 20.7 Å². The lowest BCUT2D eigenvalue weighted by Crippen LogP contribution is -2.43. The minimum absolute atomic E-state index is 0.00259. The molecule has 6 nitrogen and oxygen atoms in total. The van der Waals surface area contributed by atoms with E-state index in [1.807, 2.05) is 31.2 Å². The van der Waals surface area contributed by atoms with Crippen LogP contribution in [0.5, 0.6) is 5.75 Å². The van der Waals surface area contributed by atoms with Gasteiger partial charge in [0, 0.05) is 19.2 Å². The summed E-state index contributed by atoms with van der Waals surface area (Å²) >= 11 is 0. The van der Waals surface area contributed by atoms with E-state index >= 15 is 0 Å². The second kappa shape index (κ2) is 9.04. The zero-order chi connectivity index (χ0) is 16.5. The Labute approximate surface area is 131 Å². The largest absolute Gasteiger partial charge is 0.496 e. The Morgan fingerprint density at radius 2 is 2.05 bits per heavy atom. The fourth-order valence-corrected chi connectivity index (χ4v) is 2.12. The van der Waals surface area contributed by atoms with Gasteiger partial charge in [-0.15, -0.1) is 0 Å². The average Bonchev–Trinajstić information content (AvgIpc) is 2.51. The molecule has 6 heteroatoms. The number of nitrogens with zero attached hydrogens (tertiary/aromatic N) is 1. The van der Waals surface area contributed by atoms with E-state index in [1.54, 1.807) is 19.1 Å². The summed E-state index contributed by atoms with van der Waals surface area (Å²) in [6.07, 6.45) is 1.24. The Morgan fingerprint density at radius 1 is 1.36 bits per heavy atom. The van der Waals surface area contributed by atoms with Gasteiger partial charge in [0.2, 0.25) is 5.91 Å². The monoisotopic (exact) mass is 308 g/mol. The molecular formula is C16H24N2O4. The lowest BCUT2D eigenvalue weighted by molar-refractivity contribution is -0.140. The van der Waals surface area contributed by atoms with Gasteiger partial charge in [0.05, 0.1) is 13.7 Å². The van der Waals surface area contributed by atoms with E-state index < -0.39 is 12.0 Å². The quantitative estimate of drug-likeness (QED) is 0.723. The fourth-order valence-electron chi connectivity index (χ4n) is 2.12. The number of hydrogen-bond donors (Lipinski definition) is 2. The lowest BCUT2D eigenvalue weighted by Gasteiger charge is -2.20. The van der Waals surface area contributed by atoms with Gasteiger partial charge >= 0.3 is 5.97 Å². The summed E-state index contributed by atoms with van der Waals surface area (Å²) in [6, 6.07) is 6.80. The van der Waals surface area contributed by atoms with Crippen molar-refractivity contribution in [1.82, 2.24) is 10.2 Å². The number of amides is 1. The number of rotatable bonds is 9. The van der Waals surface area contributed by atoms with Crippen LogP contribution in [0, 0.1) is 0 Å². The van der Waals surface area contributed by atoms with Crippen LogP contribution in [0.2, 0.25) is 0 Å². The summed E-state index contributed by atoms with van der Waals surface area (Å²) < 4.78 is 5.26. The summed E-state index contributed by atoms with van der Waals surface area (Å²) in [6.45, 7) is 2.33. The highest BCUT2D eigenvalue weighted by Gasteiger charge is 2.18. The topological polar surface area (TPSA) is 78.9 Å². The Hall–Kier alpha value is -2.08. The maximum absolute atomic E-state index is 12.1. The third kappa shape index (κ3) is 5.37. The first-order chi connectivity index (χ1) is 10.5. The van der Waals surface area contributed by atoms with Gasteiger partial charge in [-0.2, -0.15) is 0 Å². The minimum Gasteiger partial charge on any atom is -0.496 e. The van der Waals surface area contributed by atoms with E-state index in [2.05, 4.69) is 5.32 Å². The first kappa shape index (κ1) is 18.0. The molecule has 1 atom stereocenters. The number of carbonyl (C=O) groups is 2. The molecule has 1 aromatic rings. The zero-order valence-corrected chi connectivity index (χ0v) is 13.3. The maximum atomic E-state index is 12.1. The third-order valence-corrected chi connectivity index (χ3v) is 3.40. The van der Waals surface area contributed by atoms with E-state index in [1.165, 1.54) is 0 Å². The molecule has 0 fully saturated rings. The lowest BCUT2D eigenvalue weighted by atomic mass is 10.1. The number of aliphatic carboxylic acids is 1. The Balaban J connectivity index is 2.56. The van der Waals surface area contributed by atoms with Crippen LogP contribution in [-0.2, 0) is 16.1 Å². The van der Waals surface area contributed by atoms with Gasteiger partial charge in [0.15, 0.2) is 0 Å². The van der Waals surface area contributed by atoms with Gasteiger partial charge in [0.1, 0.15) is 11.8 Å². The van der Waals surface area contributed by atoms with Gasteiger partial charge in [0.25, 0.3) is 0 Å². The van der Waals surface area contributed by atoms with Crippen LogP contribution in [-0.4, -0.2) is 48.6 Å². The third-order valence-electron chi connectivity index (χ3n) is 3.40. The minimum atomic E-state index is -0.929. The van der Waals surface area contributed by atoms with Gasteiger partial charge < -0.3 is 14.7 Å². The van der Waals surface area contributed by atoms with Crippen molar-refractivity contribution in [3.63, 3.8) is 0 Å². The van der Waals surface area contributed by atoms with Crippen LogP contribution in [0.25, 0.3) is 0 Å². The molecule has 0 saturated heterocycles. The van der Waals surface area contributed by atoms with E-state index in [9.17, 15) is 9.59 Å². The summed E-state index contributed by atoms with van der Waals surface area (Å²) in [5.74, 6) is -0.361. The molecule has 1 aromatic carbocycles. The summed E-state index contributed by atoms with van der Waals surface area (Å²) in [5, 5.41) is 11.8. The molecule has 0 aliphatic carbocycles. The van der Waals surface area contributed by atoms with Crippen LogP contribution in [0.15, 0.2) is 24.3 Å². The molecular weight excluding hydrogens is 284 g/mol. The molecule has 0 saturated carbocycles. The fraction of sp³-hybridized carbons (Fsp3) is 0.500. The van der Waals surface area contributed by atoms with Crippen molar-refractivity contribution in [2.24, 2.45) is 0 Å². The standard InChI is InChI=1S/C16H24N2O4/c1-4-7-13(16(20)21)17-10-15(19)18(2)11-12-8-5-6-9-14(12)22-3/h5-6,8-9,13,17H,4,7,10-11H2,1-3H3,(H,20,21). The van der Waals surface area contributed by atoms with Crippen molar-refractivity contribution in [3.05, 3.63) is 29.8 Å². The highest BCUT2D eigenvalue weighted by atomic mass is 16.5. The van der Waals surface area contributed by atoms with Gasteiger partial charge in [-0.3, -0.25) is 14.9 Å². The van der Waals surface area contributed by atoms with Crippen LogP contribution < -0.4 is 10.1 Å². The highest BCUT2D eigenvalue weighted by molar-refractivity contribution is 5.79. The molecule has 0 aliphatic rings. The van der Waals surface area contributed by atoms with Crippen LogP contribution >= 0.6 is 0 Å². The Bertz CT molecular complexity index is 505. The Kier molecular flexibility index (Phi) is 7.39. The average molecular weight is 308 g/mol. The number of nitrogens with one attached hydrogen (secondary N) is 1. The van der Waals surface area contributed by atoms with E-state index in [0.29, 0.717) is 13.0 Å². The van der Waals surface area contributed by atoms with E-state index in [0.717, 1.165) is 17.7 Å². The predicted octanol–water partition coefficient (Wildman–Crippen LogP) is 1.50. The molecule has 0 aliphatic heterocycles. The number of para-hydroxylation sites is 1.